The highest BCUT2D eigenvalue weighted by Crippen LogP contribution is 2.36. The van der Waals surface area contributed by atoms with Gasteiger partial charge in [-0.25, -0.2) is 4.98 Å². The Morgan fingerprint density at radius 1 is 1.00 bits per heavy atom. The Kier molecular flexibility index (Phi) is 2.68. The smallest absolute Gasteiger partial charge is 0.266 e. The molecule has 1 atom stereocenters. The van der Waals surface area contributed by atoms with E-state index in [-0.39, 0.29) is 17.5 Å². The molecule has 3 heterocycles. The van der Waals surface area contributed by atoms with E-state index in [9.17, 15) is 9.59 Å². The summed E-state index contributed by atoms with van der Waals surface area (Å²) in [5.74, 6) is 0.663. The first-order chi connectivity index (χ1) is 11.8. The second-order valence-corrected chi connectivity index (χ2v) is 6.30. The van der Waals surface area contributed by atoms with Gasteiger partial charge in [0.25, 0.3) is 11.5 Å². The zero-order chi connectivity index (χ0) is 16.3. The van der Waals surface area contributed by atoms with Crippen molar-refractivity contribution < 1.29 is 4.79 Å². The summed E-state index contributed by atoms with van der Waals surface area (Å²) in [6.07, 6.45) is 1.77. The number of amides is 1. The van der Waals surface area contributed by atoms with Crippen molar-refractivity contribution in [1.82, 2.24) is 14.5 Å². The first-order valence-electron chi connectivity index (χ1n) is 8.18. The average molecular weight is 317 g/mol. The number of hydrogen-bond acceptors (Lipinski definition) is 3. The fraction of sp³-hybridized carbons (Fsp3) is 0.211. The van der Waals surface area contributed by atoms with Crippen LogP contribution in [-0.2, 0) is 0 Å². The van der Waals surface area contributed by atoms with E-state index in [0.29, 0.717) is 34.5 Å². The van der Waals surface area contributed by atoms with Crippen LogP contribution in [0.2, 0.25) is 0 Å². The maximum Gasteiger partial charge on any atom is 0.266 e. The van der Waals surface area contributed by atoms with Gasteiger partial charge >= 0.3 is 0 Å². The quantitative estimate of drug-likeness (QED) is 0.640. The van der Waals surface area contributed by atoms with Crippen LogP contribution in [0.3, 0.4) is 0 Å². The normalized spacial score (nSPS) is 18.9. The molecule has 0 radical (unpaired) electrons. The molecule has 0 N–H and O–H groups in total. The van der Waals surface area contributed by atoms with Gasteiger partial charge in [0.1, 0.15) is 5.82 Å². The van der Waals surface area contributed by atoms with E-state index in [1.165, 1.54) is 0 Å². The summed E-state index contributed by atoms with van der Waals surface area (Å²) >= 11 is 0. The van der Waals surface area contributed by atoms with E-state index in [1.54, 1.807) is 16.7 Å². The van der Waals surface area contributed by atoms with E-state index in [4.69, 9.17) is 4.98 Å². The Morgan fingerprint density at radius 3 is 2.71 bits per heavy atom. The number of rotatable bonds is 0. The van der Waals surface area contributed by atoms with Crippen molar-refractivity contribution in [2.75, 3.05) is 6.54 Å². The maximum atomic E-state index is 13.2. The van der Waals surface area contributed by atoms with Gasteiger partial charge in [0.2, 0.25) is 0 Å². The van der Waals surface area contributed by atoms with E-state index in [1.807, 2.05) is 41.3 Å². The van der Waals surface area contributed by atoms with Gasteiger partial charge in [-0.15, -0.1) is 0 Å². The van der Waals surface area contributed by atoms with E-state index in [2.05, 4.69) is 0 Å². The number of fused-ring (bicyclic) bond motifs is 6. The third-order valence-corrected chi connectivity index (χ3v) is 4.99. The Balaban J connectivity index is 1.96. The third-order valence-electron chi connectivity index (χ3n) is 4.99. The molecule has 0 unspecified atom stereocenters. The fourth-order valence-corrected chi connectivity index (χ4v) is 3.89. The van der Waals surface area contributed by atoms with Gasteiger partial charge in [0.15, 0.2) is 0 Å². The molecule has 0 aliphatic carbocycles. The number of para-hydroxylation sites is 2. The Morgan fingerprint density at radius 2 is 1.79 bits per heavy atom. The molecule has 2 aliphatic heterocycles. The van der Waals surface area contributed by atoms with Crippen molar-refractivity contribution in [3.63, 3.8) is 0 Å². The minimum Gasteiger partial charge on any atom is -0.328 e. The van der Waals surface area contributed by atoms with E-state index >= 15 is 0 Å². The number of carbonyl (C=O) groups excluding carboxylic acids is 1. The topological polar surface area (TPSA) is 55.2 Å². The van der Waals surface area contributed by atoms with Crippen LogP contribution < -0.4 is 5.56 Å². The van der Waals surface area contributed by atoms with E-state index in [0.717, 1.165) is 12.8 Å². The minimum absolute atomic E-state index is 0.0120. The lowest BCUT2D eigenvalue weighted by atomic mass is 10.1. The minimum atomic E-state index is -0.137. The van der Waals surface area contributed by atoms with E-state index < -0.39 is 0 Å². The molecule has 118 valence electrons. The number of nitrogens with zero attached hydrogens (tertiary/aromatic N) is 3. The standard InChI is InChI=1S/C19H15N3O2/c23-18-13-7-2-4-9-15(13)22-17(16-10-5-11-21(16)18)20-14-8-3-1-6-12(14)19(22)24/h1-4,6-9,16H,5,10-11H2/t16-/m0/s1. The molecule has 1 aromatic heterocycles. The van der Waals surface area contributed by atoms with Crippen molar-refractivity contribution >= 4 is 16.8 Å². The molecule has 0 bridgehead atoms. The van der Waals surface area contributed by atoms with Gasteiger partial charge in [-0.2, -0.15) is 0 Å². The molecule has 5 heteroatoms. The van der Waals surface area contributed by atoms with Crippen LogP contribution >= 0.6 is 0 Å². The number of benzene rings is 2. The second-order valence-electron chi connectivity index (χ2n) is 6.30. The molecule has 0 spiro atoms. The molecule has 0 saturated carbocycles. The largest absolute Gasteiger partial charge is 0.328 e. The first-order valence-corrected chi connectivity index (χ1v) is 8.18. The molecule has 24 heavy (non-hydrogen) atoms. The highest BCUT2D eigenvalue weighted by Gasteiger charge is 2.38. The zero-order valence-electron chi connectivity index (χ0n) is 13.0. The van der Waals surface area contributed by atoms with Gasteiger partial charge in [0, 0.05) is 6.54 Å². The molecule has 1 saturated heterocycles. The van der Waals surface area contributed by atoms with Gasteiger partial charge in [0.05, 0.1) is 28.2 Å². The van der Waals surface area contributed by atoms with Gasteiger partial charge in [-0.1, -0.05) is 24.3 Å². The second kappa shape index (κ2) is 4.77. The van der Waals surface area contributed by atoms with Gasteiger partial charge in [-0.3, -0.25) is 14.2 Å². The molecule has 1 fully saturated rings. The van der Waals surface area contributed by atoms with Crippen LogP contribution in [0.5, 0.6) is 0 Å². The van der Waals surface area contributed by atoms with Crippen molar-refractivity contribution in [3.05, 3.63) is 70.3 Å². The third kappa shape index (κ3) is 1.67. The van der Waals surface area contributed by atoms with Crippen LogP contribution in [-0.4, -0.2) is 26.9 Å². The Hall–Kier alpha value is -2.95. The SMILES string of the molecule is O=C1c2ccccc2-n2c(nc3ccccc3c2=O)[C@@H]2CCCN12. The lowest BCUT2D eigenvalue weighted by molar-refractivity contribution is 0.0736. The number of carbonyl (C=O) groups is 1. The van der Waals surface area contributed by atoms with Gasteiger partial charge in [-0.05, 0) is 37.1 Å². The van der Waals surface area contributed by atoms with Crippen LogP contribution in [0.25, 0.3) is 16.6 Å². The molecule has 5 rings (SSSR count). The Bertz CT molecular complexity index is 1050. The number of aromatic nitrogens is 2. The van der Waals surface area contributed by atoms with Crippen LogP contribution in [0.15, 0.2) is 53.3 Å². The monoisotopic (exact) mass is 317 g/mol. The van der Waals surface area contributed by atoms with Crippen molar-refractivity contribution in [2.45, 2.75) is 18.9 Å². The molecule has 5 nitrogen and oxygen atoms in total. The summed E-state index contributed by atoms with van der Waals surface area (Å²) in [7, 11) is 0. The first kappa shape index (κ1) is 13.5. The lowest BCUT2D eigenvalue weighted by Crippen LogP contribution is -2.31. The van der Waals surface area contributed by atoms with Crippen LogP contribution in [0.4, 0.5) is 0 Å². The van der Waals surface area contributed by atoms with Crippen molar-refractivity contribution in [2.24, 2.45) is 0 Å². The average Bonchev–Trinajstić information content (AvgIpc) is 3.07. The molecule has 2 aliphatic rings. The number of hydrogen-bond donors (Lipinski definition) is 0. The summed E-state index contributed by atoms with van der Waals surface area (Å²) in [6, 6.07) is 14.6. The maximum absolute atomic E-state index is 13.2. The van der Waals surface area contributed by atoms with Crippen molar-refractivity contribution in [3.8, 4) is 5.69 Å². The van der Waals surface area contributed by atoms with Crippen molar-refractivity contribution in [1.29, 1.82) is 0 Å². The van der Waals surface area contributed by atoms with Crippen LogP contribution in [0.1, 0.15) is 35.1 Å². The molecule has 1 amide bonds. The lowest BCUT2D eigenvalue weighted by Gasteiger charge is -2.22. The highest BCUT2D eigenvalue weighted by atomic mass is 16.2. The predicted octanol–water partition coefficient (Wildman–Crippen LogP) is 2.68. The molecule has 2 aromatic carbocycles. The summed E-state index contributed by atoms with van der Waals surface area (Å²) < 4.78 is 1.64. The summed E-state index contributed by atoms with van der Waals surface area (Å²) in [5, 5.41) is 0.579. The summed E-state index contributed by atoms with van der Waals surface area (Å²) in [4.78, 5) is 32.8. The zero-order valence-corrected chi connectivity index (χ0v) is 13.0. The van der Waals surface area contributed by atoms with Gasteiger partial charge < -0.3 is 4.90 Å². The highest BCUT2D eigenvalue weighted by molar-refractivity contribution is 5.99. The summed E-state index contributed by atoms with van der Waals surface area (Å²) in [6.45, 7) is 0.709. The fourth-order valence-electron chi connectivity index (χ4n) is 3.89. The molecule has 3 aromatic rings. The predicted molar refractivity (Wildman–Crippen MR) is 90.4 cm³/mol. The van der Waals surface area contributed by atoms with Crippen LogP contribution in [0, 0.1) is 0 Å². The molecular formula is C19H15N3O2. The summed E-state index contributed by atoms with van der Waals surface area (Å²) in [5.41, 5.74) is 1.79. The Labute approximate surface area is 138 Å². The molecular weight excluding hydrogens is 302 g/mol.